The van der Waals surface area contributed by atoms with Crippen LogP contribution in [0.4, 0.5) is 0 Å². The van der Waals surface area contributed by atoms with Gasteiger partial charge in [0.1, 0.15) is 6.26 Å². The molecule has 1 N–H and O–H groups in total. The van der Waals surface area contributed by atoms with Gasteiger partial charge in [0.25, 0.3) is 5.91 Å². The molecule has 4 nitrogen and oxygen atoms in total. The number of carbonyl (C=O) groups excluding carboxylic acids is 1. The van der Waals surface area contributed by atoms with E-state index in [2.05, 4.69) is 28.4 Å². The Labute approximate surface area is 124 Å². The van der Waals surface area contributed by atoms with Crippen LogP contribution in [0.25, 0.3) is 0 Å². The summed E-state index contributed by atoms with van der Waals surface area (Å²) in [4.78, 5) is 14.4. The normalized spacial score (nSPS) is 15.2. The van der Waals surface area contributed by atoms with Crippen molar-refractivity contribution in [2.45, 2.75) is 25.9 Å². The maximum Gasteiger partial charge on any atom is 0.254 e. The number of likely N-dealkylation sites (tertiary alicyclic amines) is 1. The Morgan fingerprint density at radius 1 is 1.14 bits per heavy atom. The molecule has 110 valence electrons. The summed E-state index contributed by atoms with van der Waals surface area (Å²) in [6.07, 6.45) is 5.56. The molecule has 1 aromatic carbocycles. The molecule has 1 saturated heterocycles. The second-order valence-electron chi connectivity index (χ2n) is 5.45. The van der Waals surface area contributed by atoms with E-state index in [0.29, 0.717) is 12.1 Å². The quantitative estimate of drug-likeness (QED) is 0.918. The van der Waals surface area contributed by atoms with Crippen molar-refractivity contribution in [2.75, 3.05) is 13.1 Å². The van der Waals surface area contributed by atoms with E-state index in [4.69, 9.17) is 4.42 Å². The average Bonchev–Trinajstić information content (AvgIpc) is 3.19. The zero-order chi connectivity index (χ0) is 14.5. The summed E-state index contributed by atoms with van der Waals surface area (Å²) < 4.78 is 4.93. The van der Waals surface area contributed by atoms with Crippen molar-refractivity contribution in [3.63, 3.8) is 0 Å². The van der Waals surface area contributed by atoms with Crippen molar-refractivity contribution in [1.82, 2.24) is 10.2 Å². The van der Waals surface area contributed by atoms with Crippen molar-refractivity contribution < 1.29 is 9.21 Å². The highest BCUT2D eigenvalue weighted by Crippen LogP contribution is 2.16. The first-order valence-electron chi connectivity index (χ1n) is 7.42. The molecule has 0 bridgehead atoms. The molecule has 21 heavy (non-hydrogen) atoms. The van der Waals surface area contributed by atoms with Crippen LogP contribution in [0.3, 0.4) is 0 Å². The molecule has 0 atom stereocenters. The number of furan rings is 1. The smallest absolute Gasteiger partial charge is 0.254 e. The number of rotatable bonds is 5. The molecule has 4 heteroatoms. The molecule has 0 spiro atoms. The molecule has 0 unspecified atom stereocenters. The lowest BCUT2D eigenvalue weighted by molar-refractivity contribution is 0.0950. The van der Waals surface area contributed by atoms with Crippen LogP contribution in [0.5, 0.6) is 0 Å². The fourth-order valence-corrected chi connectivity index (χ4v) is 2.74. The van der Waals surface area contributed by atoms with Crippen molar-refractivity contribution in [2.24, 2.45) is 0 Å². The van der Waals surface area contributed by atoms with Gasteiger partial charge in [-0.05, 0) is 43.1 Å². The van der Waals surface area contributed by atoms with E-state index in [1.54, 1.807) is 6.07 Å². The average molecular weight is 284 g/mol. The third-order valence-electron chi connectivity index (χ3n) is 3.93. The standard InChI is InChI=1S/C17H20N2O2/c20-17(16-7-10-21-13-16)18-11-14-5-1-2-6-15(14)12-19-8-3-4-9-19/h1-2,5-7,10,13H,3-4,8-9,11-12H2,(H,18,20). The van der Waals surface area contributed by atoms with Crippen molar-refractivity contribution >= 4 is 5.91 Å². The topological polar surface area (TPSA) is 45.5 Å². The van der Waals surface area contributed by atoms with Crippen LogP contribution in [-0.4, -0.2) is 23.9 Å². The lowest BCUT2D eigenvalue weighted by atomic mass is 10.1. The Balaban J connectivity index is 1.63. The summed E-state index contributed by atoms with van der Waals surface area (Å²) >= 11 is 0. The number of benzene rings is 1. The van der Waals surface area contributed by atoms with E-state index in [1.165, 1.54) is 49.6 Å². The molecule has 3 rings (SSSR count). The largest absolute Gasteiger partial charge is 0.472 e. The fourth-order valence-electron chi connectivity index (χ4n) is 2.74. The number of nitrogens with one attached hydrogen (secondary N) is 1. The number of nitrogens with zero attached hydrogens (tertiary/aromatic N) is 1. The van der Waals surface area contributed by atoms with Crippen LogP contribution in [0.1, 0.15) is 34.3 Å². The Bertz CT molecular complexity index is 587. The van der Waals surface area contributed by atoms with Gasteiger partial charge in [-0.15, -0.1) is 0 Å². The molecule has 2 aromatic rings. The maximum atomic E-state index is 12.0. The number of hydrogen-bond donors (Lipinski definition) is 1. The van der Waals surface area contributed by atoms with Gasteiger partial charge in [-0.2, -0.15) is 0 Å². The second-order valence-corrected chi connectivity index (χ2v) is 5.45. The van der Waals surface area contributed by atoms with E-state index in [-0.39, 0.29) is 5.91 Å². The van der Waals surface area contributed by atoms with Crippen LogP contribution in [-0.2, 0) is 13.1 Å². The first kappa shape index (κ1) is 13.9. The van der Waals surface area contributed by atoms with Crippen molar-refractivity contribution in [1.29, 1.82) is 0 Å². The molecule has 0 radical (unpaired) electrons. The van der Waals surface area contributed by atoms with Gasteiger partial charge >= 0.3 is 0 Å². The van der Waals surface area contributed by atoms with E-state index in [0.717, 1.165) is 6.54 Å². The Hall–Kier alpha value is -2.07. The van der Waals surface area contributed by atoms with E-state index in [1.807, 2.05) is 6.07 Å². The highest BCUT2D eigenvalue weighted by Gasteiger charge is 2.14. The predicted molar refractivity (Wildman–Crippen MR) is 80.8 cm³/mol. The monoisotopic (exact) mass is 284 g/mol. The summed E-state index contributed by atoms with van der Waals surface area (Å²) in [7, 11) is 0. The zero-order valence-corrected chi connectivity index (χ0v) is 12.0. The van der Waals surface area contributed by atoms with E-state index >= 15 is 0 Å². The summed E-state index contributed by atoms with van der Waals surface area (Å²) in [5, 5.41) is 2.95. The molecular weight excluding hydrogens is 264 g/mol. The van der Waals surface area contributed by atoms with Gasteiger partial charge in [-0.25, -0.2) is 0 Å². The molecule has 1 fully saturated rings. The van der Waals surface area contributed by atoms with E-state index < -0.39 is 0 Å². The maximum absolute atomic E-state index is 12.0. The molecule has 1 amide bonds. The fraction of sp³-hybridized carbons (Fsp3) is 0.353. The first-order chi connectivity index (χ1) is 10.3. The lowest BCUT2D eigenvalue weighted by Gasteiger charge is -2.17. The van der Waals surface area contributed by atoms with Crippen LogP contribution < -0.4 is 5.32 Å². The summed E-state index contributed by atoms with van der Waals surface area (Å²) in [6, 6.07) is 9.99. The van der Waals surface area contributed by atoms with E-state index in [9.17, 15) is 4.79 Å². The van der Waals surface area contributed by atoms with Crippen LogP contribution in [0.15, 0.2) is 47.3 Å². The molecule has 1 aliphatic heterocycles. The third-order valence-corrected chi connectivity index (χ3v) is 3.93. The van der Waals surface area contributed by atoms with Crippen LogP contribution in [0.2, 0.25) is 0 Å². The van der Waals surface area contributed by atoms with Crippen molar-refractivity contribution in [3.8, 4) is 0 Å². The van der Waals surface area contributed by atoms with Gasteiger partial charge in [0, 0.05) is 13.1 Å². The zero-order valence-electron chi connectivity index (χ0n) is 12.0. The Kier molecular flexibility index (Phi) is 4.36. The van der Waals surface area contributed by atoms with Gasteiger partial charge in [0.15, 0.2) is 0 Å². The molecule has 1 aliphatic rings. The minimum absolute atomic E-state index is 0.0975. The highest BCUT2D eigenvalue weighted by molar-refractivity contribution is 5.93. The van der Waals surface area contributed by atoms with Crippen molar-refractivity contribution in [3.05, 3.63) is 59.5 Å². The molecule has 0 aliphatic carbocycles. The SMILES string of the molecule is O=C(NCc1ccccc1CN1CCCC1)c1ccoc1. The van der Waals surface area contributed by atoms with Crippen LogP contribution >= 0.6 is 0 Å². The lowest BCUT2D eigenvalue weighted by Crippen LogP contribution is -2.24. The third kappa shape index (κ3) is 3.52. The summed E-state index contributed by atoms with van der Waals surface area (Å²) in [5.41, 5.74) is 3.04. The number of carbonyl (C=O) groups is 1. The first-order valence-corrected chi connectivity index (χ1v) is 7.42. The van der Waals surface area contributed by atoms with Gasteiger partial charge < -0.3 is 9.73 Å². The molecule has 2 heterocycles. The second kappa shape index (κ2) is 6.59. The number of amides is 1. The highest BCUT2D eigenvalue weighted by atomic mass is 16.3. The summed E-state index contributed by atoms with van der Waals surface area (Å²) in [6.45, 7) is 3.87. The van der Waals surface area contributed by atoms with Gasteiger partial charge in [0.05, 0.1) is 11.8 Å². The minimum Gasteiger partial charge on any atom is -0.472 e. The predicted octanol–water partition coefficient (Wildman–Crippen LogP) is 2.81. The molecular formula is C17H20N2O2. The Morgan fingerprint density at radius 3 is 2.62 bits per heavy atom. The Morgan fingerprint density at radius 2 is 1.90 bits per heavy atom. The van der Waals surface area contributed by atoms with Gasteiger partial charge in [-0.1, -0.05) is 24.3 Å². The summed E-state index contributed by atoms with van der Waals surface area (Å²) in [5.74, 6) is -0.0975. The van der Waals surface area contributed by atoms with Crippen LogP contribution in [0, 0.1) is 0 Å². The van der Waals surface area contributed by atoms with Gasteiger partial charge in [-0.3, -0.25) is 9.69 Å². The number of hydrogen-bond acceptors (Lipinski definition) is 3. The minimum atomic E-state index is -0.0975. The van der Waals surface area contributed by atoms with Gasteiger partial charge in [0.2, 0.25) is 0 Å². The molecule has 0 saturated carbocycles. The molecule has 1 aromatic heterocycles.